The Hall–Kier alpha value is -2.57. The number of likely N-dealkylation sites (tertiary alicyclic amines) is 2. The third-order valence-corrected chi connectivity index (χ3v) is 6.20. The first-order valence-electron chi connectivity index (χ1n) is 11.7. The number of β-amino-alcohol motifs (C(OH)–C–C–N with tert-alkyl or cyclic N) is 1. The summed E-state index contributed by atoms with van der Waals surface area (Å²) in [6.07, 6.45) is 4.20. The molecule has 6 nitrogen and oxygen atoms in total. The van der Waals surface area contributed by atoms with Gasteiger partial charge in [0.15, 0.2) is 0 Å². The Bertz CT molecular complexity index is 875. The highest BCUT2D eigenvalue weighted by atomic mass is 16.5. The van der Waals surface area contributed by atoms with Crippen LogP contribution in [0.5, 0.6) is 11.5 Å². The molecule has 2 saturated heterocycles. The fraction of sp³-hybridized carbons (Fsp3) is 0.500. The van der Waals surface area contributed by atoms with Crippen molar-refractivity contribution in [3.8, 4) is 11.5 Å². The maximum absolute atomic E-state index is 11.7. The number of amides is 1. The number of carbonyl (C=O) groups is 1. The third-order valence-electron chi connectivity index (χ3n) is 6.20. The van der Waals surface area contributed by atoms with Crippen molar-refractivity contribution < 1.29 is 19.4 Å². The quantitative estimate of drug-likeness (QED) is 0.576. The van der Waals surface area contributed by atoms with Crippen molar-refractivity contribution >= 4 is 5.91 Å². The van der Waals surface area contributed by atoms with E-state index in [4.69, 9.17) is 9.47 Å². The lowest BCUT2D eigenvalue weighted by Gasteiger charge is -2.39. The second-order valence-corrected chi connectivity index (χ2v) is 8.97. The molecule has 0 aromatic heterocycles. The Balaban J connectivity index is 1.23. The zero-order valence-corrected chi connectivity index (χ0v) is 18.7. The summed E-state index contributed by atoms with van der Waals surface area (Å²) in [7, 11) is 0. The van der Waals surface area contributed by atoms with E-state index in [-0.39, 0.29) is 5.91 Å². The van der Waals surface area contributed by atoms with Gasteiger partial charge in [0.2, 0.25) is 5.91 Å². The number of benzene rings is 2. The number of ether oxygens (including phenoxy) is 2. The minimum atomic E-state index is -0.838. The molecular weight excluding hydrogens is 404 g/mol. The van der Waals surface area contributed by atoms with Gasteiger partial charge >= 0.3 is 0 Å². The van der Waals surface area contributed by atoms with Gasteiger partial charge < -0.3 is 19.5 Å². The fourth-order valence-corrected chi connectivity index (χ4v) is 4.57. The lowest BCUT2D eigenvalue weighted by molar-refractivity contribution is -0.127. The first kappa shape index (κ1) is 22.6. The molecule has 2 aliphatic rings. The van der Waals surface area contributed by atoms with Gasteiger partial charge in [-0.2, -0.15) is 0 Å². The molecule has 0 radical (unpaired) electrons. The van der Waals surface area contributed by atoms with Crippen molar-refractivity contribution in [1.82, 2.24) is 9.80 Å². The number of carbonyl (C=O) groups excluding carboxylic acids is 1. The molecule has 1 atom stereocenters. The maximum atomic E-state index is 11.7. The van der Waals surface area contributed by atoms with Gasteiger partial charge in [-0.05, 0) is 62.1 Å². The normalized spacial score (nSPS) is 21.7. The van der Waals surface area contributed by atoms with Crippen LogP contribution in [0.1, 0.15) is 37.7 Å². The van der Waals surface area contributed by atoms with Crippen molar-refractivity contribution in [3.63, 3.8) is 0 Å². The van der Waals surface area contributed by atoms with Crippen LogP contribution in [-0.4, -0.2) is 65.8 Å². The summed E-state index contributed by atoms with van der Waals surface area (Å²) in [5.41, 5.74) is 0.334. The first-order valence-corrected chi connectivity index (χ1v) is 11.7. The van der Waals surface area contributed by atoms with Crippen molar-refractivity contribution in [2.75, 3.05) is 39.4 Å². The van der Waals surface area contributed by atoms with Gasteiger partial charge in [0.1, 0.15) is 23.7 Å². The average Bonchev–Trinajstić information content (AvgIpc) is 3.21. The molecular formula is C26H34N2O4. The Kier molecular flexibility index (Phi) is 7.66. The number of hydrogen-bond donors (Lipinski definition) is 1. The number of hydrogen-bond acceptors (Lipinski definition) is 5. The summed E-state index contributed by atoms with van der Waals surface area (Å²) in [5.74, 6) is 1.91. The van der Waals surface area contributed by atoms with E-state index in [1.54, 1.807) is 0 Å². The van der Waals surface area contributed by atoms with E-state index in [9.17, 15) is 9.90 Å². The van der Waals surface area contributed by atoms with E-state index >= 15 is 0 Å². The molecule has 0 spiro atoms. The maximum Gasteiger partial charge on any atom is 0.222 e. The average molecular weight is 439 g/mol. The van der Waals surface area contributed by atoms with E-state index in [2.05, 4.69) is 17.0 Å². The summed E-state index contributed by atoms with van der Waals surface area (Å²) in [4.78, 5) is 15.9. The van der Waals surface area contributed by atoms with Crippen LogP contribution in [0.3, 0.4) is 0 Å². The Labute approximate surface area is 190 Å². The molecule has 2 aliphatic heterocycles. The van der Waals surface area contributed by atoms with Gasteiger partial charge in [-0.3, -0.25) is 9.69 Å². The van der Waals surface area contributed by atoms with Crippen molar-refractivity contribution in [2.24, 2.45) is 0 Å². The van der Waals surface area contributed by atoms with E-state index in [0.29, 0.717) is 26.2 Å². The predicted molar refractivity (Wildman–Crippen MR) is 124 cm³/mol. The molecule has 0 saturated carbocycles. The van der Waals surface area contributed by atoms with Crippen molar-refractivity contribution in [1.29, 1.82) is 0 Å². The number of para-hydroxylation sites is 1. The molecule has 6 heteroatoms. The number of nitrogens with zero attached hydrogens (tertiary/aromatic N) is 2. The second-order valence-electron chi connectivity index (χ2n) is 8.97. The summed E-state index contributed by atoms with van der Waals surface area (Å²) < 4.78 is 11.8. The lowest BCUT2D eigenvalue weighted by Crippen LogP contribution is -2.51. The summed E-state index contributed by atoms with van der Waals surface area (Å²) in [6.45, 7) is 4.89. The SMILES string of the molecule is O=C1CCCN1CCCOc1cccc(CN2CCCC(O)(COc3ccccc3)C2)c1. The molecule has 0 bridgehead atoms. The molecule has 172 valence electrons. The molecule has 2 fully saturated rings. The zero-order chi connectivity index (χ0) is 22.2. The standard InChI is InChI=1S/C26H34N2O4/c29-25-12-5-15-28(25)16-7-17-31-24-11-4-8-22(18-24)19-27-14-6-13-26(30,20-27)21-32-23-9-2-1-3-10-23/h1-4,8-11,18,30H,5-7,12-17,19-21H2. The van der Waals surface area contributed by atoms with Gasteiger partial charge in [-0.1, -0.05) is 30.3 Å². The first-order chi connectivity index (χ1) is 15.6. The number of piperidine rings is 1. The van der Waals surface area contributed by atoms with Crippen LogP contribution in [0.4, 0.5) is 0 Å². The smallest absolute Gasteiger partial charge is 0.222 e. The van der Waals surface area contributed by atoms with Gasteiger partial charge in [0, 0.05) is 32.6 Å². The summed E-state index contributed by atoms with van der Waals surface area (Å²) in [6, 6.07) is 17.8. The monoisotopic (exact) mass is 438 g/mol. The fourth-order valence-electron chi connectivity index (χ4n) is 4.57. The Morgan fingerprint density at radius 3 is 2.62 bits per heavy atom. The van der Waals surface area contributed by atoms with E-state index in [1.807, 2.05) is 47.4 Å². The molecule has 1 unspecified atom stereocenters. The van der Waals surface area contributed by atoms with E-state index in [1.165, 1.54) is 5.56 Å². The highest BCUT2D eigenvalue weighted by Gasteiger charge is 2.34. The van der Waals surface area contributed by atoms with E-state index < -0.39 is 5.60 Å². The topological polar surface area (TPSA) is 62.2 Å². The minimum absolute atomic E-state index is 0.266. The molecule has 1 amide bonds. The molecule has 2 aromatic carbocycles. The van der Waals surface area contributed by atoms with Crippen LogP contribution in [0.2, 0.25) is 0 Å². The van der Waals surface area contributed by atoms with Gasteiger partial charge in [0.25, 0.3) is 0 Å². The molecule has 4 rings (SSSR count). The highest BCUT2D eigenvalue weighted by Crippen LogP contribution is 2.25. The molecule has 2 aromatic rings. The van der Waals surface area contributed by atoms with Crippen LogP contribution in [0, 0.1) is 0 Å². The van der Waals surface area contributed by atoms with Gasteiger partial charge in [0.05, 0.1) is 6.61 Å². The number of rotatable bonds is 10. The van der Waals surface area contributed by atoms with Crippen LogP contribution < -0.4 is 9.47 Å². The Morgan fingerprint density at radius 2 is 1.81 bits per heavy atom. The lowest BCUT2D eigenvalue weighted by atomic mass is 9.93. The van der Waals surface area contributed by atoms with Gasteiger partial charge in [-0.25, -0.2) is 0 Å². The highest BCUT2D eigenvalue weighted by molar-refractivity contribution is 5.77. The minimum Gasteiger partial charge on any atom is -0.494 e. The predicted octanol–water partition coefficient (Wildman–Crippen LogP) is 3.48. The van der Waals surface area contributed by atoms with Crippen LogP contribution >= 0.6 is 0 Å². The summed E-state index contributed by atoms with van der Waals surface area (Å²) >= 11 is 0. The molecule has 32 heavy (non-hydrogen) atoms. The van der Waals surface area contributed by atoms with Crippen LogP contribution in [0.25, 0.3) is 0 Å². The van der Waals surface area contributed by atoms with Crippen LogP contribution in [-0.2, 0) is 11.3 Å². The Morgan fingerprint density at radius 1 is 0.969 bits per heavy atom. The molecule has 1 N–H and O–H groups in total. The van der Waals surface area contributed by atoms with E-state index in [0.717, 1.165) is 63.4 Å². The molecule has 0 aliphatic carbocycles. The largest absolute Gasteiger partial charge is 0.494 e. The van der Waals surface area contributed by atoms with Crippen molar-refractivity contribution in [3.05, 3.63) is 60.2 Å². The zero-order valence-electron chi connectivity index (χ0n) is 18.7. The van der Waals surface area contributed by atoms with Crippen molar-refractivity contribution in [2.45, 2.75) is 44.2 Å². The van der Waals surface area contributed by atoms with Gasteiger partial charge in [-0.15, -0.1) is 0 Å². The summed E-state index contributed by atoms with van der Waals surface area (Å²) in [5, 5.41) is 11.1. The third kappa shape index (κ3) is 6.47. The van der Waals surface area contributed by atoms with Crippen LogP contribution in [0.15, 0.2) is 54.6 Å². The molecule has 2 heterocycles. The second kappa shape index (κ2) is 10.8. The number of aliphatic hydroxyl groups is 1.